The molecule has 3 aliphatic heterocycles. The topological polar surface area (TPSA) is 58.7 Å². The second-order valence-corrected chi connectivity index (χ2v) is 8.62. The summed E-state index contributed by atoms with van der Waals surface area (Å²) in [4.78, 5) is 7.11. The Morgan fingerprint density at radius 3 is 3.00 bits per heavy atom. The molecular formula is C23H30N4O2. The number of fused-ring (bicyclic) bond motifs is 3. The number of pyridine rings is 1. The van der Waals surface area contributed by atoms with Gasteiger partial charge in [-0.25, -0.2) is 4.98 Å². The summed E-state index contributed by atoms with van der Waals surface area (Å²) < 4.78 is 11.7. The molecule has 0 spiro atoms. The Bertz CT molecular complexity index is 914. The van der Waals surface area contributed by atoms with Crippen LogP contribution in [-0.2, 0) is 11.3 Å². The Morgan fingerprint density at radius 1 is 1.28 bits per heavy atom. The largest absolute Gasteiger partial charge is 0.475 e. The maximum atomic E-state index is 5.92. The minimum atomic E-state index is 0.119. The van der Waals surface area contributed by atoms with Crippen LogP contribution in [0.2, 0.25) is 0 Å². The van der Waals surface area contributed by atoms with E-state index in [9.17, 15) is 0 Å². The Kier molecular flexibility index (Phi) is 4.84. The first-order valence-electron chi connectivity index (χ1n) is 10.7. The first kappa shape index (κ1) is 18.7. The Balaban J connectivity index is 1.47. The van der Waals surface area contributed by atoms with Gasteiger partial charge < -0.3 is 25.0 Å². The van der Waals surface area contributed by atoms with E-state index >= 15 is 0 Å². The van der Waals surface area contributed by atoms with Crippen LogP contribution in [0.5, 0.6) is 5.88 Å². The highest BCUT2D eigenvalue weighted by Gasteiger charge is 2.41. The zero-order valence-corrected chi connectivity index (χ0v) is 17.5. The van der Waals surface area contributed by atoms with E-state index in [1.54, 1.807) is 0 Å². The molecule has 2 atom stereocenters. The van der Waals surface area contributed by atoms with E-state index in [0.29, 0.717) is 24.4 Å². The molecule has 1 saturated heterocycles. The summed E-state index contributed by atoms with van der Waals surface area (Å²) in [5.41, 5.74) is 7.29. The number of aryl methyl sites for hydroxylation is 1. The third-order valence-corrected chi connectivity index (χ3v) is 6.15. The molecule has 2 aromatic rings. The zero-order valence-electron chi connectivity index (χ0n) is 17.5. The summed E-state index contributed by atoms with van der Waals surface area (Å²) in [6.07, 6.45) is 3.17. The van der Waals surface area contributed by atoms with Crippen LogP contribution in [0.4, 0.5) is 17.1 Å². The van der Waals surface area contributed by atoms with Crippen LogP contribution in [0.1, 0.15) is 42.9 Å². The van der Waals surface area contributed by atoms with Crippen molar-refractivity contribution in [3.8, 4) is 5.88 Å². The monoisotopic (exact) mass is 394 g/mol. The quantitative estimate of drug-likeness (QED) is 0.824. The molecule has 0 radical (unpaired) electrons. The molecule has 29 heavy (non-hydrogen) atoms. The molecule has 0 bridgehead atoms. The minimum Gasteiger partial charge on any atom is -0.475 e. The van der Waals surface area contributed by atoms with Crippen molar-refractivity contribution < 1.29 is 9.47 Å². The standard InChI is InChI=1S/C23H30N4O2/c1-14(2)29-23-15(3)8-18(11-25-23)26-17-9-16-13-28-7-6-27-21-4-5-24-12-20(21)19(10-17)22(16)27/h8-11,14,20-21,24,26H,4-7,12-13H2,1-3H3/t20-,21-/m0/s1. The average molecular weight is 395 g/mol. The van der Waals surface area contributed by atoms with Crippen molar-refractivity contribution in [2.75, 3.05) is 36.5 Å². The fourth-order valence-electron chi connectivity index (χ4n) is 5.00. The molecule has 154 valence electrons. The van der Waals surface area contributed by atoms with Crippen LogP contribution in [0.15, 0.2) is 24.4 Å². The Morgan fingerprint density at radius 2 is 2.17 bits per heavy atom. The lowest BCUT2D eigenvalue weighted by molar-refractivity contribution is 0.130. The van der Waals surface area contributed by atoms with E-state index in [-0.39, 0.29) is 6.10 Å². The fourth-order valence-corrected chi connectivity index (χ4v) is 5.00. The van der Waals surface area contributed by atoms with Crippen molar-refractivity contribution in [3.05, 3.63) is 41.1 Å². The minimum absolute atomic E-state index is 0.119. The lowest BCUT2D eigenvalue weighted by atomic mass is 9.89. The third-order valence-electron chi connectivity index (χ3n) is 6.15. The van der Waals surface area contributed by atoms with Gasteiger partial charge in [-0.2, -0.15) is 0 Å². The second kappa shape index (κ2) is 7.50. The van der Waals surface area contributed by atoms with Gasteiger partial charge in [-0.1, -0.05) is 0 Å². The first-order chi connectivity index (χ1) is 14.1. The maximum absolute atomic E-state index is 5.92. The van der Waals surface area contributed by atoms with Gasteiger partial charge in [-0.3, -0.25) is 0 Å². The zero-order chi connectivity index (χ0) is 20.0. The second-order valence-electron chi connectivity index (χ2n) is 8.62. The molecular weight excluding hydrogens is 364 g/mol. The Hall–Kier alpha value is -2.31. The molecule has 0 saturated carbocycles. The molecule has 5 rings (SSSR count). The van der Waals surface area contributed by atoms with E-state index in [0.717, 1.165) is 43.2 Å². The van der Waals surface area contributed by atoms with Gasteiger partial charge in [-0.05, 0) is 57.5 Å². The van der Waals surface area contributed by atoms with Gasteiger partial charge in [0.25, 0.3) is 0 Å². The summed E-state index contributed by atoms with van der Waals surface area (Å²) in [5, 5.41) is 7.17. The number of rotatable bonds is 4. The number of nitrogens with zero attached hydrogens (tertiary/aromatic N) is 2. The molecule has 0 aliphatic carbocycles. The molecule has 2 N–H and O–H groups in total. The number of nitrogens with one attached hydrogen (secondary N) is 2. The van der Waals surface area contributed by atoms with E-state index in [1.807, 2.05) is 27.0 Å². The number of aromatic nitrogens is 1. The summed E-state index contributed by atoms with van der Waals surface area (Å²) in [7, 11) is 0. The van der Waals surface area contributed by atoms with Crippen LogP contribution >= 0.6 is 0 Å². The number of hydrogen-bond donors (Lipinski definition) is 2. The van der Waals surface area contributed by atoms with Gasteiger partial charge in [0, 0.05) is 47.6 Å². The number of hydrogen-bond acceptors (Lipinski definition) is 6. The first-order valence-corrected chi connectivity index (χ1v) is 10.7. The van der Waals surface area contributed by atoms with Crippen LogP contribution < -0.4 is 20.3 Å². The highest BCUT2D eigenvalue weighted by molar-refractivity contribution is 5.74. The van der Waals surface area contributed by atoms with E-state index in [1.165, 1.54) is 23.2 Å². The van der Waals surface area contributed by atoms with E-state index < -0.39 is 0 Å². The Labute approximate surface area is 172 Å². The predicted molar refractivity (Wildman–Crippen MR) is 115 cm³/mol. The molecule has 1 aromatic heterocycles. The van der Waals surface area contributed by atoms with Crippen LogP contribution in [0, 0.1) is 6.92 Å². The molecule has 6 nitrogen and oxygen atoms in total. The molecule has 6 heteroatoms. The van der Waals surface area contributed by atoms with Gasteiger partial charge in [0.15, 0.2) is 0 Å². The summed E-state index contributed by atoms with van der Waals surface area (Å²) in [6, 6.07) is 7.28. The van der Waals surface area contributed by atoms with Crippen molar-refractivity contribution >= 4 is 17.1 Å². The van der Waals surface area contributed by atoms with Crippen LogP contribution in [-0.4, -0.2) is 43.4 Å². The van der Waals surface area contributed by atoms with Crippen molar-refractivity contribution in [1.29, 1.82) is 0 Å². The summed E-state index contributed by atoms with van der Waals surface area (Å²) in [6.45, 7) is 10.7. The third kappa shape index (κ3) is 3.45. The van der Waals surface area contributed by atoms with Gasteiger partial charge in [0.05, 0.1) is 31.2 Å². The average Bonchev–Trinajstić information content (AvgIpc) is 2.86. The highest BCUT2D eigenvalue weighted by Crippen LogP contribution is 2.47. The van der Waals surface area contributed by atoms with Crippen LogP contribution in [0.25, 0.3) is 0 Å². The van der Waals surface area contributed by atoms with Crippen molar-refractivity contribution in [3.63, 3.8) is 0 Å². The predicted octanol–water partition coefficient (Wildman–Crippen LogP) is 3.72. The van der Waals surface area contributed by atoms with Crippen LogP contribution in [0.3, 0.4) is 0 Å². The number of anilines is 3. The van der Waals surface area contributed by atoms with Gasteiger partial charge in [-0.15, -0.1) is 0 Å². The van der Waals surface area contributed by atoms with Gasteiger partial charge in [0.1, 0.15) is 0 Å². The molecule has 4 heterocycles. The molecule has 0 amide bonds. The number of piperidine rings is 1. The van der Waals surface area contributed by atoms with E-state index in [2.05, 4.69) is 38.7 Å². The molecule has 0 unspecified atom stereocenters. The smallest absolute Gasteiger partial charge is 0.216 e. The normalized spacial score (nSPS) is 22.8. The lowest BCUT2D eigenvalue weighted by Crippen LogP contribution is -2.44. The fraction of sp³-hybridized carbons (Fsp3) is 0.522. The SMILES string of the molecule is Cc1cc(Nc2cc3c4c(c2)[C@@H]2CNCC[C@@H]2N4CCOC3)cnc1OC(C)C. The molecule has 1 aromatic carbocycles. The van der Waals surface area contributed by atoms with Gasteiger partial charge >= 0.3 is 0 Å². The van der Waals surface area contributed by atoms with Gasteiger partial charge in [0.2, 0.25) is 5.88 Å². The lowest BCUT2D eigenvalue weighted by Gasteiger charge is -2.33. The van der Waals surface area contributed by atoms with Crippen molar-refractivity contribution in [2.24, 2.45) is 0 Å². The number of benzene rings is 1. The summed E-state index contributed by atoms with van der Waals surface area (Å²) >= 11 is 0. The number of ether oxygens (including phenoxy) is 2. The van der Waals surface area contributed by atoms with Crippen molar-refractivity contribution in [2.45, 2.75) is 51.9 Å². The molecule has 1 fully saturated rings. The van der Waals surface area contributed by atoms with Crippen molar-refractivity contribution in [1.82, 2.24) is 10.3 Å². The maximum Gasteiger partial charge on any atom is 0.216 e. The molecule has 3 aliphatic rings. The highest BCUT2D eigenvalue weighted by atomic mass is 16.5. The summed E-state index contributed by atoms with van der Waals surface area (Å²) in [5.74, 6) is 1.25. The van der Waals surface area contributed by atoms with E-state index in [4.69, 9.17) is 9.47 Å².